The highest BCUT2D eigenvalue weighted by Crippen LogP contribution is 2.29. The van der Waals surface area contributed by atoms with E-state index >= 15 is 0 Å². The second-order valence-electron chi connectivity index (χ2n) is 8.62. The molecular formula is C22H28BrN3O2S. The van der Waals surface area contributed by atoms with Crippen molar-refractivity contribution in [1.82, 2.24) is 5.32 Å². The third kappa shape index (κ3) is 5.60. The maximum atomic E-state index is 12.7. The van der Waals surface area contributed by atoms with Gasteiger partial charge in [-0.1, -0.05) is 42.8 Å². The van der Waals surface area contributed by atoms with Gasteiger partial charge in [0.25, 0.3) is 5.91 Å². The van der Waals surface area contributed by atoms with Crippen molar-refractivity contribution < 1.29 is 9.59 Å². The number of thiophene rings is 1. The van der Waals surface area contributed by atoms with Crippen LogP contribution in [0.1, 0.15) is 42.4 Å². The molecule has 1 aliphatic heterocycles. The summed E-state index contributed by atoms with van der Waals surface area (Å²) >= 11 is 4.86. The van der Waals surface area contributed by atoms with E-state index < -0.39 is 5.41 Å². The van der Waals surface area contributed by atoms with E-state index in [-0.39, 0.29) is 11.8 Å². The number of hydrogen-bond donors (Lipinski definition) is 2. The highest BCUT2D eigenvalue weighted by atomic mass is 79.9. The summed E-state index contributed by atoms with van der Waals surface area (Å²) in [5.41, 5.74) is 1.63. The molecule has 7 heteroatoms. The molecule has 1 aliphatic rings. The van der Waals surface area contributed by atoms with Gasteiger partial charge >= 0.3 is 0 Å². The molecule has 2 amide bonds. The molecule has 1 atom stereocenters. The third-order valence-electron chi connectivity index (χ3n) is 5.05. The number of carbonyl (C=O) groups is 2. The molecule has 1 saturated heterocycles. The number of halogens is 1. The molecule has 1 fully saturated rings. The first kappa shape index (κ1) is 21.8. The number of rotatable bonds is 5. The van der Waals surface area contributed by atoms with Crippen LogP contribution in [-0.4, -0.2) is 31.4 Å². The Labute approximate surface area is 185 Å². The zero-order valence-electron chi connectivity index (χ0n) is 17.3. The number of hydrogen-bond acceptors (Lipinski definition) is 4. The summed E-state index contributed by atoms with van der Waals surface area (Å²) < 4.78 is 1.08. The van der Waals surface area contributed by atoms with E-state index in [1.807, 2.05) is 45.9 Å². The number of amides is 2. The van der Waals surface area contributed by atoms with Crippen LogP contribution in [0.4, 0.5) is 10.7 Å². The molecule has 1 unspecified atom stereocenters. The van der Waals surface area contributed by atoms with Crippen molar-refractivity contribution in [2.24, 2.45) is 11.3 Å². The largest absolute Gasteiger partial charge is 0.371 e. The molecule has 0 saturated carbocycles. The number of carbonyl (C=O) groups excluding carboxylic acids is 2. The average molecular weight is 478 g/mol. The predicted molar refractivity (Wildman–Crippen MR) is 124 cm³/mol. The third-order valence-corrected chi connectivity index (χ3v) is 6.70. The molecule has 2 heterocycles. The molecule has 3 rings (SSSR count). The normalized spacial score (nSPS) is 16.7. The van der Waals surface area contributed by atoms with E-state index in [1.165, 1.54) is 17.0 Å². The van der Waals surface area contributed by atoms with E-state index in [4.69, 9.17) is 0 Å². The number of aryl methyl sites for hydroxylation is 1. The van der Waals surface area contributed by atoms with Crippen molar-refractivity contribution in [2.75, 3.05) is 29.9 Å². The fraction of sp³-hybridized carbons (Fsp3) is 0.455. The smallest absolute Gasteiger partial charge is 0.261 e. The van der Waals surface area contributed by atoms with Gasteiger partial charge < -0.3 is 15.5 Å². The first-order valence-corrected chi connectivity index (χ1v) is 11.4. The number of benzene rings is 1. The Morgan fingerprint density at radius 2 is 2.03 bits per heavy atom. The SMILES string of the molecule is Cc1cc(NC(=O)C(C)(C)C)sc1C(=O)NCC1CCN(c2cccc(Br)c2)C1. The Kier molecular flexibility index (Phi) is 6.69. The zero-order valence-corrected chi connectivity index (χ0v) is 19.7. The summed E-state index contributed by atoms with van der Waals surface area (Å²) in [7, 11) is 0. The summed E-state index contributed by atoms with van der Waals surface area (Å²) in [4.78, 5) is 27.9. The van der Waals surface area contributed by atoms with Crippen LogP contribution in [0.3, 0.4) is 0 Å². The van der Waals surface area contributed by atoms with Crippen LogP contribution in [-0.2, 0) is 4.79 Å². The van der Waals surface area contributed by atoms with Crippen LogP contribution in [0, 0.1) is 18.3 Å². The Bertz CT molecular complexity index is 904. The van der Waals surface area contributed by atoms with E-state index in [2.05, 4.69) is 43.6 Å². The molecule has 1 aromatic heterocycles. The monoisotopic (exact) mass is 477 g/mol. The predicted octanol–water partition coefficient (Wildman–Crippen LogP) is 5.06. The van der Waals surface area contributed by atoms with Crippen molar-refractivity contribution >= 4 is 49.8 Å². The van der Waals surface area contributed by atoms with Crippen LogP contribution in [0.2, 0.25) is 0 Å². The maximum absolute atomic E-state index is 12.7. The Morgan fingerprint density at radius 3 is 2.72 bits per heavy atom. The first-order valence-electron chi connectivity index (χ1n) is 9.84. The van der Waals surface area contributed by atoms with Crippen LogP contribution < -0.4 is 15.5 Å². The Balaban J connectivity index is 1.54. The van der Waals surface area contributed by atoms with E-state index in [0.29, 0.717) is 22.3 Å². The summed E-state index contributed by atoms with van der Waals surface area (Å²) in [6.07, 6.45) is 1.06. The first-order chi connectivity index (χ1) is 13.6. The molecule has 2 N–H and O–H groups in total. The summed E-state index contributed by atoms with van der Waals surface area (Å²) in [6, 6.07) is 10.2. The van der Waals surface area contributed by atoms with Gasteiger partial charge in [-0.05, 0) is 49.1 Å². The minimum atomic E-state index is -0.469. The second-order valence-corrected chi connectivity index (χ2v) is 10.6. The number of nitrogens with one attached hydrogen (secondary N) is 2. The molecule has 0 spiro atoms. The van der Waals surface area contributed by atoms with E-state index in [9.17, 15) is 9.59 Å². The van der Waals surface area contributed by atoms with Crippen molar-refractivity contribution in [2.45, 2.75) is 34.1 Å². The number of anilines is 2. The highest BCUT2D eigenvalue weighted by Gasteiger charge is 2.25. The number of nitrogens with zero attached hydrogens (tertiary/aromatic N) is 1. The Morgan fingerprint density at radius 1 is 1.28 bits per heavy atom. The van der Waals surface area contributed by atoms with Crippen molar-refractivity contribution in [3.63, 3.8) is 0 Å². The minimum Gasteiger partial charge on any atom is -0.371 e. The lowest BCUT2D eigenvalue weighted by Gasteiger charge is -2.19. The van der Waals surface area contributed by atoms with Crippen LogP contribution in [0.25, 0.3) is 0 Å². The molecule has 156 valence electrons. The standard InChI is InChI=1S/C22H28BrN3O2S/c1-14-10-18(25-21(28)22(2,3)4)29-19(14)20(27)24-12-15-8-9-26(13-15)17-7-5-6-16(23)11-17/h5-7,10-11,15H,8-9,12-13H2,1-4H3,(H,24,27)(H,25,28). The lowest BCUT2D eigenvalue weighted by molar-refractivity contribution is -0.123. The fourth-order valence-electron chi connectivity index (χ4n) is 3.29. The van der Waals surface area contributed by atoms with Gasteiger partial charge in [0.2, 0.25) is 5.91 Å². The van der Waals surface area contributed by atoms with Crippen LogP contribution >= 0.6 is 27.3 Å². The molecule has 0 bridgehead atoms. The lowest BCUT2D eigenvalue weighted by atomic mass is 9.96. The van der Waals surface area contributed by atoms with Gasteiger partial charge in [0.1, 0.15) is 0 Å². The van der Waals surface area contributed by atoms with Gasteiger partial charge in [0.15, 0.2) is 0 Å². The molecule has 29 heavy (non-hydrogen) atoms. The van der Waals surface area contributed by atoms with E-state index in [0.717, 1.165) is 29.5 Å². The topological polar surface area (TPSA) is 61.4 Å². The van der Waals surface area contributed by atoms with Crippen molar-refractivity contribution in [3.8, 4) is 0 Å². The maximum Gasteiger partial charge on any atom is 0.261 e. The van der Waals surface area contributed by atoms with Gasteiger partial charge in [-0.3, -0.25) is 9.59 Å². The summed E-state index contributed by atoms with van der Waals surface area (Å²) in [5, 5.41) is 6.71. The molecule has 0 aliphatic carbocycles. The second kappa shape index (κ2) is 8.88. The minimum absolute atomic E-state index is 0.0516. The van der Waals surface area contributed by atoms with Crippen molar-refractivity contribution in [1.29, 1.82) is 0 Å². The van der Waals surface area contributed by atoms with Crippen molar-refractivity contribution in [3.05, 3.63) is 45.2 Å². The molecule has 1 aromatic carbocycles. The molecule has 0 radical (unpaired) electrons. The van der Waals surface area contributed by atoms with Gasteiger partial charge in [-0.15, -0.1) is 11.3 Å². The summed E-state index contributed by atoms with van der Waals surface area (Å²) in [6.45, 7) is 10.1. The summed E-state index contributed by atoms with van der Waals surface area (Å²) in [5.74, 6) is 0.312. The average Bonchev–Trinajstić information content (AvgIpc) is 3.25. The highest BCUT2D eigenvalue weighted by molar-refractivity contribution is 9.10. The zero-order chi connectivity index (χ0) is 21.2. The van der Waals surface area contributed by atoms with Crippen LogP contribution in [0.15, 0.2) is 34.8 Å². The molecule has 5 nitrogen and oxygen atoms in total. The van der Waals surface area contributed by atoms with Gasteiger partial charge in [0, 0.05) is 35.2 Å². The van der Waals surface area contributed by atoms with Gasteiger partial charge in [-0.25, -0.2) is 0 Å². The molecular weight excluding hydrogens is 450 g/mol. The van der Waals surface area contributed by atoms with Crippen LogP contribution in [0.5, 0.6) is 0 Å². The lowest BCUT2D eigenvalue weighted by Crippen LogP contribution is -2.30. The quantitative estimate of drug-likeness (QED) is 0.632. The molecule has 2 aromatic rings. The van der Waals surface area contributed by atoms with Gasteiger partial charge in [-0.2, -0.15) is 0 Å². The Hall–Kier alpha value is -1.86. The van der Waals surface area contributed by atoms with Gasteiger partial charge in [0.05, 0.1) is 9.88 Å². The fourth-order valence-corrected chi connectivity index (χ4v) is 4.66. The van der Waals surface area contributed by atoms with E-state index in [1.54, 1.807) is 0 Å².